The van der Waals surface area contributed by atoms with Crippen LogP contribution in [0.25, 0.3) is 11.1 Å². The largest absolute Gasteiger partial charge is 0.271 e. The summed E-state index contributed by atoms with van der Waals surface area (Å²) >= 11 is 0. The van der Waals surface area contributed by atoms with Gasteiger partial charge in [-0.15, -0.1) is 0 Å². The van der Waals surface area contributed by atoms with Gasteiger partial charge >= 0.3 is 0 Å². The number of sulfone groups is 1. The van der Waals surface area contributed by atoms with E-state index < -0.39 is 9.84 Å². The predicted octanol–water partition coefficient (Wildman–Crippen LogP) is 4.09. The molecule has 162 valence electrons. The molecular formula is C25H21FN2O3S. The van der Waals surface area contributed by atoms with Gasteiger partial charge in [0.25, 0.3) is 5.56 Å². The minimum Gasteiger partial charge on any atom is -0.267 e. The highest BCUT2D eigenvalue weighted by Crippen LogP contribution is 2.25. The minimum absolute atomic E-state index is 0.201. The SMILES string of the molecule is CS(=O)(=O)c1ccc(-c2cnn(Cc3ccccc3)c(=O)c2Cc2ccc(F)cc2)cc1. The molecule has 0 saturated carbocycles. The van der Waals surface area contributed by atoms with E-state index >= 15 is 0 Å². The quantitative estimate of drug-likeness (QED) is 0.446. The fourth-order valence-electron chi connectivity index (χ4n) is 3.51. The Morgan fingerprint density at radius 2 is 1.53 bits per heavy atom. The molecule has 0 aliphatic rings. The topological polar surface area (TPSA) is 69.0 Å². The lowest BCUT2D eigenvalue weighted by atomic mass is 9.97. The van der Waals surface area contributed by atoms with E-state index in [0.29, 0.717) is 29.7 Å². The molecule has 0 fully saturated rings. The van der Waals surface area contributed by atoms with Gasteiger partial charge in [-0.2, -0.15) is 5.10 Å². The van der Waals surface area contributed by atoms with Crippen molar-refractivity contribution in [2.75, 3.05) is 6.26 Å². The van der Waals surface area contributed by atoms with Crippen LogP contribution < -0.4 is 5.56 Å². The lowest BCUT2D eigenvalue weighted by Crippen LogP contribution is -2.27. The van der Waals surface area contributed by atoms with Gasteiger partial charge in [0.15, 0.2) is 9.84 Å². The monoisotopic (exact) mass is 448 g/mol. The summed E-state index contributed by atoms with van der Waals surface area (Å²) in [4.78, 5) is 13.6. The van der Waals surface area contributed by atoms with Gasteiger partial charge in [-0.25, -0.2) is 17.5 Å². The molecule has 0 N–H and O–H groups in total. The van der Waals surface area contributed by atoms with Crippen molar-refractivity contribution in [1.82, 2.24) is 9.78 Å². The molecule has 32 heavy (non-hydrogen) atoms. The van der Waals surface area contributed by atoms with Gasteiger partial charge in [0, 0.05) is 23.8 Å². The molecule has 0 aliphatic heterocycles. The average Bonchev–Trinajstić information content (AvgIpc) is 2.78. The fourth-order valence-corrected chi connectivity index (χ4v) is 4.14. The van der Waals surface area contributed by atoms with Crippen LogP contribution in [-0.4, -0.2) is 24.5 Å². The van der Waals surface area contributed by atoms with Gasteiger partial charge in [-0.05, 0) is 41.0 Å². The lowest BCUT2D eigenvalue weighted by molar-refractivity contribution is 0.602. The summed E-state index contributed by atoms with van der Waals surface area (Å²) in [5.74, 6) is -0.346. The molecule has 0 amide bonds. The molecule has 0 aliphatic carbocycles. The Kier molecular flexibility index (Phi) is 6.01. The van der Waals surface area contributed by atoms with E-state index in [1.54, 1.807) is 30.5 Å². The number of nitrogens with zero attached hydrogens (tertiary/aromatic N) is 2. The number of hydrogen-bond donors (Lipinski definition) is 0. The Hall–Kier alpha value is -3.58. The maximum Gasteiger partial charge on any atom is 0.271 e. The van der Waals surface area contributed by atoms with Crippen LogP contribution >= 0.6 is 0 Å². The molecule has 1 heterocycles. The Bertz CT molecular complexity index is 1400. The molecule has 0 unspecified atom stereocenters. The molecule has 0 saturated heterocycles. The second-order valence-corrected chi connectivity index (χ2v) is 9.60. The van der Waals surface area contributed by atoms with Gasteiger partial charge in [-0.1, -0.05) is 54.6 Å². The molecule has 0 spiro atoms. The molecule has 0 radical (unpaired) electrons. The molecule has 3 aromatic carbocycles. The molecule has 4 rings (SSSR count). The third-order valence-corrected chi connectivity index (χ3v) is 6.34. The Morgan fingerprint density at radius 3 is 2.16 bits per heavy atom. The van der Waals surface area contributed by atoms with Crippen LogP contribution in [0, 0.1) is 5.82 Å². The number of halogens is 1. The first-order valence-electron chi connectivity index (χ1n) is 9.99. The molecular weight excluding hydrogens is 427 g/mol. The van der Waals surface area contributed by atoms with Crippen molar-refractivity contribution >= 4 is 9.84 Å². The summed E-state index contributed by atoms with van der Waals surface area (Å²) in [7, 11) is -3.33. The highest BCUT2D eigenvalue weighted by Gasteiger charge is 2.15. The highest BCUT2D eigenvalue weighted by molar-refractivity contribution is 7.90. The van der Waals surface area contributed by atoms with E-state index in [-0.39, 0.29) is 16.3 Å². The first kappa shape index (κ1) is 21.6. The maximum absolute atomic E-state index is 13.4. The van der Waals surface area contributed by atoms with Crippen molar-refractivity contribution in [2.45, 2.75) is 17.9 Å². The summed E-state index contributed by atoms with van der Waals surface area (Å²) in [6.45, 7) is 0.323. The summed E-state index contributed by atoms with van der Waals surface area (Å²) in [5.41, 5.74) is 3.29. The smallest absolute Gasteiger partial charge is 0.267 e. The van der Waals surface area contributed by atoms with Crippen molar-refractivity contribution in [1.29, 1.82) is 0 Å². The molecule has 5 nitrogen and oxygen atoms in total. The summed E-state index contributed by atoms with van der Waals surface area (Å²) in [5, 5.41) is 4.36. The van der Waals surface area contributed by atoms with E-state index in [2.05, 4.69) is 5.10 Å². The van der Waals surface area contributed by atoms with Gasteiger partial charge in [0.2, 0.25) is 0 Å². The van der Waals surface area contributed by atoms with Crippen molar-refractivity contribution in [3.8, 4) is 11.1 Å². The zero-order valence-corrected chi connectivity index (χ0v) is 18.2. The zero-order chi connectivity index (χ0) is 22.7. The van der Waals surface area contributed by atoms with Crippen LogP contribution in [0.5, 0.6) is 0 Å². The van der Waals surface area contributed by atoms with Gasteiger partial charge < -0.3 is 0 Å². The van der Waals surface area contributed by atoms with E-state index in [1.165, 1.54) is 28.9 Å². The second-order valence-electron chi connectivity index (χ2n) is 7.58. The normalized spacial score (nSPS) is 11.4. The van der Waals surface area contributed by atoms with Crippen molar-refractivity contribution in [3.05, 3.63) is 118 Å². The second kappa shape index (κ2) is 8.88. The minimum atomic E-state index is -3.33. The predicted molar refractivity (Wildman–Crippen MR) is 122 cm³/mol. The zero-order valence-electron chi connectivity index (χ0n) is 17.4. The standard InChI is InChI=1S/C25H21FN2O3S/c1-32(30,31)22-13-9-20(10-14-22)24-16-27-28(17-19-5-3-2-4-6-19)25(29)23(24)15-18-7-11-21(26)12-8-18/h2-14,16H,15,17H2,1H3. The van der Waals surface area contributed by atoms with E-state index in [1.807, 2.05) is 30.3 Å². The van der Waals surface area contributed by atoms with Crippen LogP contribution in [0.3, 0.4) is 0 Å². The Balaban J connectivity index is 1.80. The Morgan fingerprint density at radius 1 is 0.875 bits per heavy atom. The van der Waals surface area contributed by atoms with E-state index in [0.717, 1.165) is 17.4 Å². The van der Waals surface area contributed by atoms with Crippen LogP contribution in [0.1, 0.15) is 16.7 Å². The molecule has 7 heteroatoms. The Labute approximate surface area is 185 Å². The number of hydrogen-bond acceptors (Lipinski definition) is 4. The molecule has 0 bridgehead atoms. The van der Waals surface area contributed by atoms with Crippen LogP contribution in [-0.2, 0) is 22.8 Å². The molecule has 0 atom stereocenters. The average molecular weight is 449 g/mol. The van der Waals surface area contributed by atoms with Crippen LogP contribution in [0.2, 0.25) is 0 Å². The fraction of sp³-hybridized carbons (Fsp3) is 0.120. The number of rotatable bonds is 6. The van der Waals surface area contributed by atoms with Crippen LogP contribution in [0.4, 0.5) is 4.39 Å². The maximum atomic E-state index is 13.4. The van der Waals surface area contributed by atoms with E-state index in [4.69, 9.17) is 0 Å². The van der Waals surface area contributed by atoms with Crippen molar-refractivity contribution in [2.24, 2.45) is 0 Å². The lowest BCUT2D eigenvalue weighted by Gasteiger charge is -2.13. The van der Waals surface area contributed by atoms with Gasteiger partial charge in [0.1, 0.15) is 5.82 Å². The highest BCUT2D eigenvalue weighted by atomic mass is 32.2. The third-order valence-electron chi connectivity index (χ3n) is 5.21. The third kappa shape index (κ3) is 4.84. The van der Waals surface area contributed by atoms with Crippen molar-refractivity contribution < 1.29 is 12.8 Å². The van der Waals surface area contributed by atoms with E-state index in [9.17, 15) is 17.6 Å². The summed E-state index contributed by atoms with van der Waals surface area (Å²) in [6.07, 6.45) is 3.06. The van der Waals surface area contributed by atoms with Gasteiger partial charge in [0.05, 0.1) is 17.6 Å². The molecule has 1 aromatic heterocycles. The van der Waals surface area contributed by atoms with Gasteiger partial charge in [-0.3, -0.25) is 4.79 Å². The number of aromatic nitrogens is 2. The summed E-state index contributed by atoms with van der Waals surface area (Å²) in [6, 6.07) is 21.9. The first-order valence-corrected chi connectivity index (χ1v) is 11.9. The van der Waals surface area contributed by atoms with Crippen molar-refractivity contribution in [3.63, 3.8) is 0 Å². The number of benzene rings is 3. The summed E-state index contributed by atoms with van der Waals surface area (Å²) < 4.78 is 38.4. The first-order chi connectivity index (χ1) is 15.3. The molecule has 4 aromatic rings. The van der Waals surface area contributed by atoms with Crippen LogP contribution in [0.15, 0.2) is 94.7 Å².